The Morgan fingerprint density at radius 3 is 2.69 bits per heavy atom. The van der Waals surface area contributed by atoms with E-state index in [0.29, 0.717) is 6.42 Å². The van der Waals surface area contributed by atoms with Crippen LogP contribution >= 0.6 is 11.3 Å². The van der Waals surface area contributed by atoms with E-state index in [0.717, 1.165) is 15.6 Å². The number of carboxylic acids is 1. The molecule has 0 aliphatic rings. The molecule has 0 amide bonds. The van der Waals surface area contributed by atoms with Crippen LogP contribution in [-0.2, 0) is 11.2 Å². The largest absolute Gasteiger partial charge is 0.480 e. The number of nitrogens with two attached hydrogens (primary N) is 1. The lowest BCUT2D eigenvalue weighted by molar-refractivity contribution is -0.138. The van der Waals surface area contributed by atoms with Crippen molar-refractivity contribution in [2.24, 2.45) is 5.73 Å². The van der Waals surface area contributed by atoms with Crippen LogP contribution in [0.5, 0.6) is 0 Å². The zero-order valence-electron chi connectivity index (χ0n) is 7.57. The monoisotopic (exact) mass is 200 g/mol. The Morgan fingerprint density at radius 2 is 2.31 bits per heavy atom. The highest BCUT2D eigenvalue weighted by Gasteiger charge is 2.15. The van der Waals surface area contributed by atoms with Crippen LogP contribution < -0.4 is 5.73 Å². The van der Waals surface area contributed by atoms with Crippen LogP contribution in [0.25, 0.3) is 0 Å². The standard InChI is InChI=1S/C8H12N2O2S/c1-4-7(10-5(2)13-4)3-6(9)8(11)12/h6H,3,9H2,1-2H3,(H,11,12)/t6-/m0/s1. The van der Waals surface area contributed by atoms with Gasteiger partial charge in [0.1, 0.15) is 6.04 Å². The van der Waals surface area contributed by atoms with Gasteiger partial charge in [-0.25, -0.2) is 4.98 Å². The average Bonchev–Trinajstić information content (AvgIpc) is 2.30. The Balaban J connectivity index is 2.74. The van der Waals surface area contributed by atoms with E-state index in [1.165, 1.54) is 0 Å². The molecule has 3 N–H and O–H groups in total. The van der Waals surface area contributed by atoms with Gasteiger partial charge in [-0.1, -0.05) is 0 Å². The fourth-order valence-corrected chi connectivity index (χ4v) is 1.90. The van der Waals surface area contributed by atoms with Crippen molar-refractivity contribution in [2.75, 3.05) is 0 Å². The number of aromatic nitrogens is 1. The molecule has 1 atom stereocenters. The zero-order valence-corrected chi connectivity index (χ0v) is 8.39. The molecule has 0 bridgehead atoms. The Kier molecular flexibility index (Phi) is 3.00. The van der Waals surface area contributed by atoms with Crippen molar-refractivity contribution >= 4 is 17.3 Å². The highest BCUT2D eigenvalue weighted by atomic mass is 32.1. The highest BCUT2D eigenvalue weighted by molar-refractivity contribution is 7.11. The average molecular weight is 200 g/mol. The molecule has 72 valence electrons. The third-order valence-corrected chi connectivity index (χ3v) is 2.66. The molecule has 1 heterocycles. The summed E-state index contributed by atoms with van der Waals surface area (Å²) in [6, 6.07) is -0.847. The van der Waals surface area contributed by atoms with Gasteiger partial charge in [0, 0.05) is 11.3 Å². The predicted molar refractivity (Wildman–Crippen MR) is 50.9 cm³/mol. The summed E-state index contributed by atoms with van der Waals surface area (Å²) in [7, 11) is 0. The minimum absolute atomic E-state index is 0.311. The maximum Gasteiger partial charge on any atom is 0.320 e. The number of aryl methyl sites for hydroxylation is 2. The summed E-state index contributed by atoms with van der Waals surface area (Å²) in [6.07, 6.45) is 0.311. The fraction of sp³-hybridized carbons (Fsp3) is 0.500. The lowest BCUT2D eigenvalue weighted by Crippen LogP contribution is -2.32. The second-order valence-electron chi connectivity index (χ2n) is 2.88. The Hall–Kier alpha value is -0.940. The number of rotatable bonds is 3. The number of carbonyl (C=O) groups is 1. The van der Waals surface area contributed by atoms with E-state index in [-0.39, 0.29) is 0 Å². The molecule has 0 aliphatic carbocycles. The molecule has 0 unspecified atom stereocenters. The highest BCUT2D eigenvalue weighted by Crippen LogP contribution is 2.17. The summed E-state index contributed by atoms with van der Waals surface area (Å²) >= 11 is 1.56. The molecule has 1 aromatic heterocycles. The molecular weight excluding hydrogens is 188 g/mol. The second kappa shape index (κ2) is 3.85. The van der Waals surface area contributed by atoms with Crippen LogP contribution in [0, 0.1) is 13.8 Å². The van der Waals surface area contributed by atoms with Gasteiger partial charge in [0.25, 0.3) is 0 Å². The van der Waals surface area contributed by atoms with Crippen LogP contribution in [0.3, 0.4) is 0 Å². The lowest BCUT2D eigenvalue weighted by atomic mass is 10.1. The normalized spacial score (nSPS) is 12.8. The number of nitrogens with zero attached hydrogens (tertiary/aromatic N) is 1. The molecule has 0 radical (unpaired) electrons. The van der Waals surface area contributed by atoms with Crippen molar-refractivity contribution in [2.45, 2.75) is 26.3 Å². The Morgan fingerprint density at radius 1 is 1.69 bits per heavy atom. The molecular formula is C8H12N2O2S. The summed E-state index contributed by atoms with van der Waals surface area (Å²) in [4.78, 5) is 15.7. The maximum absolute atomic E-state index is 10.5. The van der Waals surface area contributed by atoms with E-state index in [2.05, 4.69) is 4.98 Å². The van der Waals surface area contributed by atoms with Crippen molar-refractivity contribution in [3.05, 3.63) is 15.6 Å². The SMILES string of the molecule is Cc1nc(C[C@H](N)C(=O)O)c(C)s1. The molecule has 0 fully saturated rings. The number of hydrogen-bond donors (Lipinski definition) is 2. The van der Waals surface area contributed by atoms with Gasteiger partial charge >= 0.3 is 5.97 Å². The third kappa shape index (κ3) is 2.50. The minimum atomic E-state index is -0.981. The second-order valence-corrected chi connectivity index (χ2v) is 4.29. The van der Waals surface area contributed by atoms with Gasteiger partial charge in [0.2, 0.25) is 0 Å². The van der Waals surface area contributed by atoms with Crippen molar-refractivity contribution in [3.63, 3.8) is 0 Å². The van der Waals surface area contributed by atoms with Crippen LogP contribution in [-0.4, -0.2) is 22.1 Å². The quantitative estimate of drug-likeness (QED) is 0.753. The van der Waals surface area contributed by atoms with E-state index in [9.17, 15) is 4.79 Å². The Bertz CT molecular complexity index is 322. The first-order chi connectivity index (χ1) is 6.00. The molecule has 0 spiro atoms. The van der Waals surface area contributed by atoms with Crippen LogP contribution in [0.15, 0.2) is 0 Å². The van der Waals surface area contributed by atoms with E-state index in [1.54, 1.807) is 11.3 Å². The first kappa shape index (κ1) is 10.1. The van der Waals surface area contributed by atoms with Gasteiger partial charge in [-0.05, 0) is 13.8 Å². The molecule has 0 saturated carbocycles. The van der Waals surface area contributed by atoms with Gasteiger partial charge < -0.3 is 10.8 Å². The van der Waals surface area contributed by atoms with Crippen molar-refractivity contribution < 1.29 is 9.90 Å². The van der Waals surface area contributed by atoms with Crippen molar-refractivity contribution in [1.82, 2.24) is 4.98 Å². The summed E-state index contributed by atoms with van der Waals surface area (Å²) < 4.78 is 0. The predicted octanol–water partition coefficient (Wildman–Crippen LogP) is 0.714. The minimum Gasteiger partial charge on any atom is -0.480 e. The fourth-order valence-electron chi connectivity index (χ4n) is 1.06. The van der Waals surface area contributed by atoms with Crippen LogP contribution in [0.4, 0.5) is 0 Å². The topological polar surface area (TPSA) is 76.2 Å². The number of thiazole rings is 1. The molecule has 1 aromatic rings. The van der Waals surface area contributed by atoms with Gasteiger partial charge in [0.05, 0.1) is 10.7 Å². The van der Waals surface area contributed by atoms with E-state index in [1.807, 2.05) is 13.8 Å². The smallest absolute Gasteiger partial charge is 0.320 e. The number of hydrogen-bond acceptors (Lipinski definition) is 4. The van der Waals surface area contributed by atoms with Crippen molar-refractivity contribution in [3.8, 4) is 0 Å². The molecule has 0 aliphatic heterocycles. The number of carboxylic acid groups (broad SMARTS) is 1. The zero-order chi connectivity index (χ0) is 10.0. The van der Waals surface area contributed by atoms with Crippen LogP contribution in [0.2, 0.25) is 0 Å². The van der Waals surface area contributed by atoms with Gasteiger partial charge in [-0.3, -0.25) is 4.79 Å². The summed E-state index contributed by atoms with van der Waals surface area (Å²) in [5.74, 6) is -0.981. The molecule has 1 rings (SSSR count). The van der Waals surface area contributed by atoms with Crippen molar-refractivity contribution in [1.29, 1.82) is 0 Å². The molecule has 0 saturated heterocycles. The van der Waals surface area contributed by atoms with E-state index >= 15 is 0 Å². The van der Waals surface area contributed by atoms with Gasteiger partial charge in [0.15, 0.2) is 0 Å². The molecule has 5 heteroatoms. The van der Waals surface area contributed by atoms with E-state index < -0.39 is 12.0 Å². The van der Waals surface area contributed by atoms with Gasteiger partial charge in [-0.2, -0.15) is 0 Å². The van der Waals surface area contributed by atoms with Gasteiger partial charge in [-0.15, -0.1) is 11.3 Å². The summed E-state index contributed by atoms with van der Waals surface area (Å²) in [6.45, 7) is 3.82. The number of aliphatic carboxylic acids is 1. The summed E-state index contributed by atoms with van der Waals surface area (Å²) in [5, 5.41) is 9.54. The first-order valence-electron chi connectivity index (χ1n) is 3.92. The lowest BCUT2D eigenvalue weighted by Gasteiger charge is -2.03. The third-order valence-electron chi connectivity index (χ3n) is 1.73. The maximum atomic E-state index is 10.5. The molecule has 0 aromatic carbocycles. The Labute approximate surface area is 80.4 Å². The molecule has 13 heavy (non-hydrogen) atoms. The van der Waals surface area contributed by atoms with Crippen LogP contribution in [0.1, 0.15) is 15.6 Å². The molecule has 4 nitrogen and oxygen atoms in total. The summed E-state index contributed by atoms with van der Waals surface area (Å²) in [5.41, 5.74) is 6.19. The first-order valence-corrected chi connectivity index (χ1v) is 4.73. The van der Waals surface area contributed by atoms with E-state index in [4.69, 9.17) is 10.8 Å².